The highest BCUT2D eigenvalue weighted by atomic mass is 19.4. The van der Waals surface area contributed by atoms with Gasteiger partial charge in [-0.15, -0.1) is 0 Å². The Balaban J connectivity index is 2.57. The molecule has 0 amide bonds. The van der Waals surface area contributed by atoms with Crippen molar-refractivity contribution in [3.63, 3.8) is 0 Å². The van der Waals surface area contributed by atoms with Crippen molar-refractivity contribution >= 4 is 0 Å². The minimum absolute atomic E-state index is 0.0797. The maximum absolute atomic E-state index is 12.5. The van der Waals surface area contributed by atoms with E-state index < -0.39 is 12.7 Å². The monoisotopic (exact) mass is 266 g/mol. The average molecular weight is 266 g/mol. The standard InChI is InChI=1S/C13H25F3N2/c1-10(2)18(9-13(14,15)16)8-12(17-3)11-6-4-5-7-11/h10-12,17H,4-9H2,1-3H3. The van der Waals surface area contributed by atoms with Gasteiger partial charge in [-0.05, 0) is 39.7 Å². The number of nitrogens with one attached hydrogen (secondary N) is 1. The van der Waals surface area contributed by atoms with Crippen molar-refractivity contribution < 1.29 is 13.2 Å². The number of rotatable bonds is 6. The molecule has 0 spiro atoms. The van der Waals surface area contributed by atoms with E-state index in [1.54, 1.807) is 0 Å². The van der Waals surface area contributed by atoms with Gasteiger partial charge in [0.15, 0.2) is 0 Å². The molecule has 108 valence electrons. The normalized spacial score (nSPS) is 20.0. The van der Waals surface area contributed by atoms with Crippen molar-refractivity contribution in [3.05, 3.63) is 0 Å². The molecule has 2 nitrogen and oxygen atoms in total. The van der Waals surface area contributed by atoms with Gasteiger partial charge in [0.05, 0.1) is 6.54 Å². The number of halogens is 3. The molecule has 1 rings (SSSR count). The molecule has 1 N–H and O–H groups in total. The Morgan fingerprint density at radius 1 is 1.22 bits per heavy atom. The molecule has 0 bridgehead atoms. The summed E-state index contributed by atoms with van der Waals surface area (Å²) in [6, 6.07) is 0.0983. The van der Waals surface area contributed by atoms with Crippen molar-refractivity contribution in [2.45, 2.75) is 57.8 Å². The molecule has 0 aromatic carbocycles. The third-order valence-electron chi connectivity index (χ3n) is 3.88. The highest BCUT2D eigenvalue weighted by Crippen LogP contribution is 2.29. The molecule has 1 saturated carbocycles. The van der Waals surface area contributed by atoms with Crippen LogP contribution < -0.4 is 5.32 Å². The van der Waals surface area contributed by atoms with Crippen LogP contribution in [0.15, 0.2) is 0 Å². The molecule has 0 aliphatic heterocycles. The Morgan fingerprint density at radius 2 is 1.78 bits per heavy atom. The topological polar surface area (TPSA) is 15.3 Å². The van der Waals surface area contributed by atoms with Crippen molar-refractivity contribution in [2.75, 3.05) is 20.1 Å². The quantitative estimate of drug-likeness (QED) is 0.795. The lowest BCUT2D eigenvalue weighted by atomic mass is 9.97. The second-order valence-corrected chi connectivity index (χ2v) is 5.58. The van der Waals surface area contributed by atoms with Crippen molar-refractivity contribution in [2.24, 2.45) is 5.92 Å². The minimum Gasteiger partial charge on any atom is -0.315 e. The third kappa shape index (κ3) is 5.14. The van der Waals surface area contributed by atoms with Gasteiger partial charge in [0.25, 0.3) is 0 Å². The van der Waals surface area contributed by atoms with Crippen LogP contribution in [0.25, 0.3) is 0 Å². The summed E-state index contributed by atoms with van der Waals surface area (Å²) in [7, 11) is 1.86. The van der Waals surface area contributed by atoms with Gasteiger partial charge >= 0.3 is 6.18 Å². The first-order chi connectivity index (χ1) is 8.33. The van der Waals surface area contributed by atoms with Crippen LogP contribution >= 0.6 is 0 Å². The van der Waals surface area contributed by atoms with Crippen LogP contribution in [0, 0.1) is 5.92 Å². The zero-order valence-electron chi connectivity index (χ0n) is 11.6. The van der Waals surface area contributed by atoms with Gasteiger partial charge in [-0.3, -0.25) is 4.90 Å². The van der Waals surface area contributed by atoms with E-state index in [0.29, 0.717) is 12.5 Å². The Labute approximate surface area is 108 Å². The third-order valence-corrected chi connectivity index (χ3v) is 3.88. The summed E-state index contributed by atoms with van der Waals surface area (Å²) in [5.41, 5.74) is 0. The van der Waals surface area contributed by atoms with Crippen LogP contribution in [0.2, 0.25) is 0 Å². The molecule has 1 unspecified atom stereocenters. The summed E-state index contributed by atoms with van der Waals surface area (Å²) >= 11 is 0. The van der Waals surface area contributed by atoms with Crippen molar-refractivity contribution in [3.8, 4) is 0 Å². The molecule has 0 aromatic heterocycles. The number of hydrogen-bond acceptors (Lipinski definition) is 2. The van der Waals surface area contributed by atoms with Crippen LogP contribution in [0.5, 0.6) is 0 Å². The Kier molecular flexibility index (Phi) is 5.92. The van der Waals surface area contributed by atoms with Gasteiger partial charge in [-0.1, -0.05) is 12.8 Å². The van der Waals surface area contributed by atoms with Crippen LogP contribution in [0.3, 0.4) is 0 Å². The Bertz CT molecular complexity index is 235. The number of nitrogens with zero attached hydrogens (tertiary/aromatic N) is 1. The molecule has 0 radical (unpaired) electrons. The maximum Gasteiger partial charge on any atom is 0.401 e. The average Bonchev–Trinajstić information content (AvgIpc) is 2.75. The molecular formula is C13H25F3N2. The minimum atomic E-state index is -4.11. The van der Waals surface area contributed by atoms with Crippen LogP contribution in [-0.2, 0) is 0 Å². The van der Waals surface area contributed by atoms with Gasteiger partial charge in [0.2, 0.25) is 0 Å². The van der Waals surface area contributed by atoms with E-state index in [2.05, 4.69) is 5.32 Å². The first-order valence-electron chi connectivity index (χ1n) is 6.81. The predicted molar refractivity (Wildman–Crippen MR) is 67.6 cm³/mol. The van der Waals surface area contributed by atoms with Crippen LogP contribution in [0.4, 0.5) is 13.2 Å². The molecule has 1 atom stereocenters. The molecule has 18 heavy (non-hydrogen) atoms. The highest BCUT2D eigenvalue weighted by molar-refractivity contribution is 4.83. The lowest BCUT2D eigenvalue weighted by molar-refractivity contribution is -0.150. The van der Waals surface area contributed by atoms with E-state index in [-0.39, 0.29) is 12.1 Å². The van der Waals surface area contributed by atoms with Gasteiger partial charge in [0.1, 0.15) is 0 Å². The summed E-state index contributed by atoms with van der Waals surface area (Å²) in [5.74, 6) is 0.532. The summed E-state index contributed by atoms with van der Waals surface area (Å²) in [6.07, 6.45) is 0.596. The van der Waals surface area contributed by atoms with E-state index in [1.807, 2.05) is 20.9 Å². The highest BCUT2D eigenvalue weighted by Gasteiger charge is 2.34. The second kappa shape index (κ2) is 6.75. The number of likely N-dealkylation sites (N-methyl/N-ethyl adjacent to an activating group) is 1. The molecular weight excluding hydrogens is 241 g/mol. The lowest BCUT2D eigenvalue weighted by Gasteiger charge is -2.33. The Hall–Kier alpha value is -0.290. The fourth-order valence-electron chi connectivity index (χ4n) is 2.78. The first kappa shape index (κ1) is 15.8. The van der Waals surface area contributed by atoms with E-state index >= 15 is 0 Å². The van der Waals surface area contributed by atoms with Gasteiger partial charge in [0, 0.05) is 18.6 Å². The van der Waals surface area contributed by atoms with Gasteiger partial charge < -0.3 is 5.32 Å². The molecule has 0 saturated heterocycles. The molecule has 0 heterocycles. The maximum atomic E-state index is 12.5. The zero-order valence-corrected chi connectivity index (χ0v) is 11.6. The largest absolute Gasteiger partial charge is 0.401 e. The smallest absolute Gasteiger partial charge is 0.315 e. The van der Waals surface area contributed by atoms with Gasteiger partial charge in [-0.25, -0.2) is 0 Å². The number of alkyl halides is 3. The second-order valence-electron chi connectivity index (χ2n) is 5.58. The van der Waals surface area contributed by atoms with Crippen molar-refractivity contribution in [1.29, 1.82) is 0 Å². The van der Waals surface area contributed by atoms with Crippen LogP contribution in [-0.4, -0.2) is 43.3 Å². The SMILES string of the molecule is CNC(CN(CC(F)(F)F)C(C)C)C1CCCC1. The van der Waals surface area contributed by atoms with Crippen LogP contribution in [0.1, 0.15) is 39.5 Å². The zero-order chi connectivity index (χ0) is 13.8. The predicted octanol–water partition coefficient (Wildman–Crippen LogP) is 3.04. The summed E-state index contributed by atoms with van der Waals surface area (Å²) in [4.78, 5) is 1.53. The van der Waals surface area contributed by atoms with E-state index in [1.165, 1.54) is 17.7 Å². The molecule has 1 aliphatic rings. The van der Waals surface area contributed by atoms with E-state index in [4.69, 9.17) is 0 Å². The lowest BCUT2D eigenvalue weighted by Crippen LogP contribution is -2.48. The van der Waals surface area contributed by atoms with Crippen molar-refractivity contribution in [1.82, 2.24) is 10.2 Å². The fraction of sp³-hybridized carbons (Fsp3) is 1.00. The van der Waals surface area contributed by atoms with E-state index in [9.17, 15) is 13.2 Å². The summed E-state index contributed by atoms with van der Waals surface area (Å²) < 4.78 is 37.6. The number of hydrogen-bond donors (Lipinski definition) is 1. The summed E-state index contributed by atoms with van der Waals surface area (Å²) in [5, 5.41) is 3.21. The molecule has 1 fully saturated rings. The molecule has 0 aromatic rings. The Morgan fingerprint density at radius 3 is 2.17 bits per heavy atom. The fourth-order valence-corrected chi connectivity index (χ4v) is 2.78. The van der Waals surface area contributed by atoms with Gasteiger partial charge in [-0.2, -0.15) is 13.2 Å². The first-order valence-corrected chi connectivity index (χ1v) is 6.81. The van der Waals surface area contributed by atoms with E-state index in [0.717, 1.165) is 12.8 Å². The summed E-state index contributed by atoms with van der Waals surface area (Å²) in [6.45, 7) is 3.33. The molecule has 1 aliphatic carbocycles. The molecule has 5 heteroatoms.